The van der Waals surface area contributed by atoms with Gasteiger partial charge in [0.25, 0.3) is 5.91 Å². The van der Waals surface area contributed by atoms with Crippen LogP contribution in [0.25, 0.3) is 11.3 Å². The SMILES string of the molecule is CSc1ccc(CNC(=O)c2cccc(-c3cccc(C#N)c3)n2)c(C)c1. The van der Waals surface area contributed by atoms with Gasteiger partial charge in [0.2, 0.25) is 0 Å². The number of hydrogen-bond acceptors (Lipinski definition) is 4. The maximum absolute atomic E-state index is 12.5. The molecule has 27 heavy (non-hydrogen) atoms. The van der Waals surface area contributed by atoms with Crippen molar-refractivity contribution in [1.82, 2.24) is 10.3 Å². The molecule has 3 aromatic rings. The lowest BCUT2D eigenvalue weighted by molar-refractivity contribution is 0.0946. The number of nitriles is 1. The van der Waals surface area contributed by atoms with E-state index in [1.165, 1.54) is 4.90 Å². The van der Waals surface area contributed by atoms with Crippen molar-refractivity contribution in [1.29, 1.82) is 5.26 Å². The zero-order valence-electron chi connectivity index (χ0n) is 15.2. The Morgan fingerprint density at radius 2 is 1.96 bits per heavy atom. The van der Waals surface area contributed by atoms with Crippen LogP contribution in [-0.2, 0) is 6.54 Å². The maximum Gasteiger partial charge on any atom is 0.270 e. The second-order valence-electron chi connectivity index (χ2n) is 6.08. The second-order valence-corrected chi connectivity index (χ2v) is 6.96. The van der Waals surface area contributed by atoms with E-state index < -0.39 is 0 Å². The van der Waals surface area contributed by atoms with E-state index in [2.05, 4.69) is 28.5 Å². The van der Waals surface area contributed by atoms with Crippen LogP contribution in [0.1, 0.15) is 27.2 Å². The summed E-state index contributed by atoms with van der Waals surface area (Å²) in [6, 6.07) is 20.8. The molecule has 0 aliphatic carbocycles. The molecular weight excluding hydrogens is 354 g/mol. The number of carbonyl (C=O) groups is 1. The summed E-state index contributed by atoms with van der Waals surface area (Å²) in [4.78, 5) is 18.2. The standard InChI is InChI=1S/C22H19N3OS/c1-15-11-19(27-2)10-9-18(15)14-24-22(26)21-8-4-7-20(25-21)17-6-3-5-16(12-17)13-23/h3-12H,14H2,1-2H3,(H,24,26). The predicted molar refractivity (Wildman–Crippen MR) is 109 cm³/mol. The van der Waals surface area contributed by atoms with E-state index in [1.807, 2.05) is 37.4 Å². The molecular formula is C22H19N3OS. The highest BCUT2D eigenvalue weighted by molar-refractivity contribution is 7.98. The molecule has 1 heterocycles. The summed E-state index contributed by atoms with van der Waals surface area (Å²) < 4.78 is 0. The van der Waals surface area contributed by atoms with Crippen LogP contribution in [0, 0.1) is 18.3 Å². The van der Waals surface area contributed by atoms with Crippen molar-refractivity contribution in [2.75, 3.05) is 6.26 Å². The van der Waals surface area contributed by atoms with Gasteiger partial charge in [-0.2, -0.15) is 5.26 Å². The summed E-state index contributed by atoms with van der Waals surface area (Å²) in [5, 5.41) is 12.0. The maximum atomic E-state index is 12.5. The molecule has 0 saturated carbocycles. The van der Waals surface area contributed by atoms with Crippen LogP contribution in [-0.4, -0.2) is 17.1 Å². The molecule has 0 aliphatic rings. The number of aromatic nitrogens is 1. The number of aryl methyl sites for hydroxylation is 1. The molecule has 2 aromatic carbocycles. The Morgan fingerprint density at radius 1 is 1.15 bits per heavy atom. The van der Waals surface area contributed by atoms with Gasteiger partial charge >= 0.3 is 0 Å². The number of nitrogens with one attached hydrogen (secondary N) is 1. The largest absolute Gasteiger partial charge is 0.347 e. The number of nitrogens with zero attached hydrogens (tertiary/aromatic N) is 2. The van der Waals surface area contributed by atoms with E-state index in [-0.39, 0.29) is 5.91 Å². The number of hydrogen-bond donors (Lipinski definition) is 1. The molecule has 0 unspecified atom stereocenters. The van der Waals surface area contributed by atoms with Gasteiger partial charge < -0.3 is 5.32 Å². The van der Waals surface area contributed by atoms with Gasteiger partial charge in [0.1, 0.15) is 5.69 Å². The predicted octanol–water partition coefficient (Wildman–Crippen LogP) is 4.58. The molecule has 0 aliphatic heterocycles. The van der Waals surface area contributed by atoms with Gasteiger partial charge in [0.15, 0.2) is 0 Å². The summed E-state index contributed by atoms with van der Waals surface area (Å²) in [7, 11) is 0. The van der Waals surface area contributed by atoms with Crippen LogP contribution in [0.4, 0.5) is 0 Å². The van der Waals surface area contributed by atoms with Gasteiger partial charge in [-0.3, -0.25) is 4.79 Å². The molecule has 0 atom stereocenters. The smallest absolute Gasteiger partial charge is 0.270 e. The van der Waals surface area contributed by atoms with Gasteiger partial charge in [-0.15, -0.1) is 11.8 Å². The molecule has 3 rings (SSSR count). The number of amides is 1. The van der Waals surface area contributed by atoms with Gasteiger partial charge in [0, 0.05) is 17.0 Å². The molecule has 4 nitrogen and oxygen atoms in total. The van der Waals surface area contributed by atoms with E-state index in [1.54, 1.807) is 36.0 Å². The fourth-order valence-corrected chi connectivity index (χ4v) is 3.23. The van der Waals surface area contributed by atoms with E-state index in [0.717, 1.165) is 16.7 Å². The zero-order valence-corrected chi connectivity index (χ0v) is 16.0. The summed E-state index contributed by atoms with van der Waals surface area (Å²) in [5.74, 6) is -0.221. The number of benzene rings is 2. The molecule has 1 aromatic heterocycles. The molecule has 5 heteroatoms. The minimum atomic E-state index is -0.221. The summed E-state index contributed by atoms with van der Waals surface area (Å²) in [6.45, 7) is 2.50. The first-order chi connectivity index (χ1) is 13.1. The molecule has 1 N–H and O–H groups in total. The van der Waals surface area contributed by atoms with Crippen molar-refractivity contribution in [3.63, 3.8) is 0 Å². The van der Waals surface area contributed by atoms with Crippen molar-refractivity contribution >= 4 is 17.7 Å². The van der Waals surface area contributed by atoms with Gasteiger partial charge in [0.05, 0.1) is 17.3 Å². The fourth-order valence-electron chi connectivity index (χ4n) is 2.73. The fraction of sp³-hybridized carbons (Fsp3) is 0.136. The van der Waals surface area contributed by atoms with Gasteiger partial charge in [-0.25, -0.2) is 4.98 Å². The van der Waals surface area contributed by atoms with E-state index in [9.17, 15) is 4.79 Å². The lowest BCUT2D eigenvalue weighted by Crippen LogP contribution is -2.24. The minimum absolute atomic E-state index is 0.221. The third-order valence-electron chi connectivity index (χ3n) is 4.26. The quantitative estimate of drug-likeness (QED) is 0.665. The number of rotatable bonds is 5. The molecule has 0 fully saturated rings. The summed E-state index contributed by atoms with van der Waals surface area (Å²) in [5.41, 5.74) is 4.63. The average Bonchev–Trinajstić information content (AvgIpc) is 2.72. The molecule has 1 amide bonds. The number of carbonyl (C=O) groups excluding carboxylic acids is 1. The Morgan fingerprint density at radius 3 is 2.70 bits per heavy atom. The van der Waals surface area contributed by atoms with Crippen LogP contribution in [0.2, 0.25) is 0 Å². The topological polar surface area (TPSA) is 65.8 Å². The van der Waals surface area contributed by atoms with Crippen LogP contribution in [0.5, 0.6) is 0 Å². The average molecular weight is 373 g/mol. The zero-order chi connectivity index (χ0) is 19.2. The van der Waals surface area contributed by atoms with Crippen molar-refractivity contribution in [3.05, 3.63) is 83.0 Å². The monoisotopic (exact) mass is 373 g/mol. The highest BCUT2D eigenvalue weighted by Crippen LogP contribution is 2.20. The molecule has 0 radical (unpaired) electrons. The number of pyridine rings is 1. The van der Waals surface area contributed by atoms with Crippen LogP contribution < -0.4 is 5.32 Å². The van der Waals surface area contributed by atoms with Crippen molar-refractivity contribution in [3.8, 4) is 17.3 Å². The Balaban J connectivity index is 1.75. The summed E-state index contributed by atoms with van der Waals surface area (Å²) >= 11 is 1.70. The second kappa shape index (κ2) is 8.52. The summed E-state index contributed by atoms with van der Waals surface area (Å²) in [6.07, 6.45) is 2.04. The van der Waals surface area contributed by atoms with E-state index in [0.29, 0.717) is 23.5 Å². The Bertz CT molecular complexity index is 1020. The molecule has 0 saturated heterocycles. The first kappa shape index (κ1) is 18.7. The van der Waals surface area contributed by atoms with Crippen molar-refractivity contribution in [2.24, 2.45) is 0 Å². The van der Waals surface area contributed by atoms with Crippen LogP contribution in [0.15, 0.2) is 65.6 Å². The Hall–Kier alpha value is -3.10. The molecule has 134 valence electrons. The van der Waals surface area contributed by atoms with Crippen LogP contribution in [0.3, 0.4) is 0 Å². The van der Waals surface area contributed by atoms with Crippen LogP contribution >= 0.6 is 11.8 Å². The Kier molecular flexibility index (Phi) is 5.90. The first-order valence-corrected chi connectivity index (χ1v) is 9.72. The first-order valence-electron chi connectivity index (χ1n) is 8.50. The minimum Gasteiger partial charge on any atom is -0.347 e. The molecule has 0 spiro atoms. The highest BCUT2D eigenvalue weighted by atomic mass is 32.2. The lowest BCUT2D eigenvalue weighted by atomic mass is 10.1. The van der Waals surface area contributed by atoms with E-state index in [4.69, 9.17) is 5.26 Å². The Labute approximate surface area is 163 Å². The highest BCUT2D eigenvalue weighted by Gasteiger charge is 2.10. The van der Waals surface area contributed by atoms with Crippen molar-refractivity contribution in [2.45, 2.75) is 18.4 Å². The third-order valence-corrected chi connectivity index (χ3v) is 4.98. The third kappa shape index (κ3) is 4.55. The molecule has 0 bridgehead atoms. The van der Waals surface area contributed by atoms with Crippen molar-refractivity contribution < 1.29 is 4.79 Å². The van der Waals surface area contributed by atoms with E-state index >= 15 is 0 Å². The van der Waals surface area contributed by atoms with Gasteiger partial charge in [-0.05, 0) is 60.7 Å². The van der Waals surface area contributed by atoms with Gasteiger partial charge in [-0.1, -0.05) is 24.3 Å². The lowest BCUT2D eigenvalue weighted by Gasteiger charge is -2.10. The number of thioether (sulfide) groups is 1. The normalized spacial score (nSPS) is 10.3.